The van der Waals surface area contributed by atoms with E-state index in [1.807, 2.05) is 18.4 Å². The Morgan fingerprint density at radius 3 is 2.79 bits per heavy atom. The van der Waals surface area contributed by atoms with E-state index in [-0.39, 0.29) is 18.3 Å². The number of nitrogens with zero attached hydrogens (tertiary/aromatic N) is 3. The first-order chi connectivity index (χ1) is 13.9. The molecule has 0 bridgehead atoms. The van der Waals surface area contributed by atoms with Crippen LogP contribution in [0, 0.1) is 6.92 Å². The number of furan rings is 1. The van der Waals surface area contributed by atoms with Crippen LogP contribution in [0.4, 0.5) is 5.00 Å². The van der Waals surface area contributed by atoms with Gasteiger partial charge in [0.1, 0.15) is 5.00 Å². The van der Waals surface area contributed by atoms with Crippen LogP contribution in [0.2, 0.25) is 0 Å². The summed E-state index contributed by atoms with van der Waals surface area (Å²) in [5.41, 5.74) is 0.370. The summed E-state index contributed by atoms with van der Waals surface area (Å²) in [4.78, 5) is 25.4. The van der Waals surface area contributed by atoms with Crippen molar-refractivity contribution < 1.29 is 18.7 Å². The lowest BCUT2D eigenvalue weighted by Crippen LogP contribution is -2.16. The van der Waals surface area contributed by atoms with Gasteiger partial charge in [-0.15, -0.1) is 21.5 Å². The van der Waals surface area contributed by atoms with Gasteiger partial charge in [0.25, 0.3) is 0 Å². The molecule has 0 spiro atoms. The maximum atomic E-state index is 12.4. The van der Waals surface area contributed by atoms with E-state index in [9.17, 15) is 9.59 Å². The number of thiophene rings is 1. The van der Waals surface area contributed by atoms with Crippen molar-refractivity contribution in [1.29, 1.82) is 0 Å². The van der Waals surface area contributed by atoms with Gasteiger partial charge in [0.2, 0.25) is 11.7 Å². The van der Waals surface area contributed by atoms with E-state index < -0.39 is 5.97 Å². The lowest BCUT2D eigenvalue weighted by molar-refractivity contribution is -0.113. The SMILES string of the molecule is CCOC(=O)c1cc(C)sc1NC(=O)CSc1nnc(-c2ccc(Br)o2)n1CC. The zero-order chi connectivity index (χ0) is 21.0. The predicted octanol–water partition coefficient (Wildman–Crippen LogP) is 4.60. The number of ether oxygens (including phenoxy) is 1. The fourth-order valence-electron chi connectivity index (χ4n) is 2.56. The smallest absolute Gasteiger partial charge is 0.341 e. The number of aromatic nitrogens is 3. The molecule has 8 nitrogen and oxygen atoms in total. The molecular weight excluding hydrogens is 480 g/mol. The molecule has 0 aromatic carbocycles. The molecule has 3 rings (SSSR count). The van der Waals surface area contributed by atoms with Crippen molar-refractivity contribution >= 4 is 55.9 Å². The van der Waals surface area contributed by atoms with Crippen LogP contribution in [-0.4, -0.2) is 39.0 Å². The van der Waals surface area contributed by atoms with Crippen LogP contribution in [0.3, 0.4) is 0 Å². The predicted molar refractivity (Wildman–Crippen MR) is 115 cm³/mol. The van der Waals surface area contributed by atoms with Crippen molar-refractivity contribution in [2.45, 2.75) is 32.5 Å². The molecule has 0 radical (unpaired) electrons. The highest BCUT2D eigenvalue weighted by atomic mass is 79.9. The number of nitrogens with one attached hydrogen (secondary N) is 1. The molecule has 0 aliphatic rings. The summed E-state index contributed by atoms with van der Waals surface area (Å²) in [6, 6.07) is 5.30. The molecular formula is C18H19BrN4O4S2. The fraction of sp³-hybridized carbons (Fsp3) is 0.333. The van der Waals surface area contributed by atoms with Gasteiger partial charge >= 0.3 is 5.97 Å². The third kappa shape index (κ3) is 5.09. The van der Waals surface area contributed by atoms with Crippen LogP contribution in [-0.2, 0) is 16.1 Å². The van der Waals surface area contributed by atoms with Crippen LogP contribution >= 0.6 is 39.0 Å². The van der Waals surface area contributed by atoms with Gasteiger partial charge < -0.3 is 14.5 Å². The van der Waals surface area contributed by atoms with Crippen molar-refractivity contribution in [3.8, 4) is 11.6 Å². The van der Waals surface area contributed by atoms with Crippen LogP contribution in [0.25, 0.3) is 11.6 Å². The monoisotopic (exact) mass is 498 g/mol. The van der Waals surface area contributed by atoms with Gasteiger partial charge in [0, 0.05) is 11.4 Å². The normalized spacial score (nSPS) is 10.9. The minimum Gasteiger partial charge on any atom is -0.462 e. The minimum atomic E-state index is -0.445. The van der Waals surface area contributed by atoms with Gasteiger partial charge in [0.15, 0.2) is 15.6 Å². The Bertz CT molecular complexity index is 1030. The molecule has 11 heteroatoms. The highest BCUT2D eigenvalue weighted by molar-refractivity contribution is 9.10. The summed E-state index contributed by atoms with van der Waals surface area (Å²) >= 11 is 5.88. The summed E-state index contributed by atoms with van der Waals surface area (Å²) in [5, 5.41) is 12.3. The maximum absolute atomic E-state index is 12.4. The topological polar surface area (TPSA) is 99.2 Å². The molecule has 0 aliphatic carbocycles. The number of hydrogen-bond donors (Lipinski definition) is 1. The van der Waals surface area contributed by atoms with E-state index in [2.05, 4.69) is 31.4 Å². The number of hydrogen-bond acceptors (Lipinski definition) is 8. The highest BCUT2D eigenvalue weighted by Gasteiger charge is 2.20. The van der Waals surface area contributed by atoms with Crippen molar-refractivity contribution in [2.24, 2.45) is 0 Å². The van der Waals surface area contributed by atoms with Gasteiger partial charge in [-0.1, -0.05) is 11.8 Å². The van der Waals surface area contributed by atoms with Crippen molar-refractivity contribution in [1.82, 2.24) is 14.8 Å². The third-order valence-electron chi connectivity index (χ3n) is 3.76. The van der Waals surface area contributed by atoms with Crippen LogP contribution in [0.1, 0.15) is 29.1 Å². The molecule has 154 valence electrons. The summed E-state index contributed by atoms with van der Waals surface area (Å²) in [6.07, 6.45) is 0. The largest absolute Gasteiger partial charge is 0.462 e. The average Bonchev–Trinajstić information content (AvgIpc) is 3.38. The quantitative estimate of drug-likeness (QED) is 0.357. The van der Waals surface area contributed by atoms with Crippen LogP contribution in [0.15, 0.2) is 32.4 Å². The van der Waals surface area contributed by atoms with E-state index in [0.717, 1.165) is 4.88 Å². The molecule has 0 saturated heterocycles. The summed E-state index contributed by atoms with van der Waals surface area (Å²) in [7, 11) is 0. The van der Waals surface area contributed by atoms with E-state index in [0.29, 0.717) is 38.5 Å². The third-order valence-corrected chi connectivity index (χ3v) is 6.12. The molecule has 0 unspecified atom stereocenters. The first-order valence-electron chi connectivity index (χ1n) is 8.82. The van der Waals surface area contributed by atoms with Gasteiger partial charge in [-0.25, -0.2) is 4.79 Å². The average molecular weight is 499 g/mol. The number of thioether (sulfide) groups is 1. The molecule has 3 aromatic rings. The Labute approximate surface area is 184 Å². The van der Waals surface area contributed by atoms with Gasteiger partial charge in [-0.05, 0) is 54.9 Å². The lowest BCUT2D eigenvalue weighted by Gasteiger charge is -2.07. The molecule has 0 atom stereocenters. The van der Waals surface area contributed by atoms with E-state index in [1.54, 1.807) is 25.1 Å². The number of aryl methyl sites for hydroxylation is 1. The number of halogens is 1. The van der Waals surface area contributed by atoms with Crippen molar-refractivity contribution in [3.05, 3.63) is 33.3 Å². The van der Waals surface area contributed by atoms with E-state index >= 15 is 0 Å². The first-order valence-corrected chi connectivity index (χ1v) is 11.4. The molecule has 0 fully saturated rings. The van der Waals surface area contributed by atoms with Crippen LogP contribution < -0.4 is 5.32 Å². The number of esters is 1. The Balaban J connectivity index is 1.68. The van der Waals surface area contributed by atoms with Gasteiger partial charge in [-0.3, -0.25) is 9.36 Å². The number of anilines is 1. The second kappa shape index (κ2) is 9.59. The highest BCUT2D eigenvalue weighted by Crippen LogP contribution is 2.30. The maximum Gasteiger partial charge on any atom is 0.341 e. The molecule has 1 amide bonds. The zero-order valence-electron chi connectivity index (χ0n) is 16.0. The number of carbonyl (C=O) groups is 2. The number of amides is 1. The van der Waals surface area contributed by atoms with Gasteiger partial charge in [0.05, 0.1) is 17.9 Å². The molecule has 0 saturated carbocycles. The Kier molecular flexibility index (Phi) is 7.14. The van der Waals surface area contributed by atoms with Crippen molar-refractivity contribution in [3.63, 3.8) is 0 Å². The minimum absolute atomic E-state index is 0.124. The Hall–Kier alpha value is -2.11. The molecule has 3 heterocycles. The molecule has 0 aliphatic heterocycles. The van der Waals surface area contributed by atoms with Gasteiger partial charge in [-0.2, -0.15) is 0 Å². The van der Waals surface area contributed by atoms with Crippen molar-refractivity contribution in [2.75, 3.05) is 17.7 Å². The van der Waals surface area contributed by atoms with Crippen LogP contribution in [0.5, 0.6) is 0 Å². The standard InChI is InChI=1S/C18H19BrN4O4S2/c1-4-23-15(12-6-7-13(19)27-12)21-22-18(23)28-9-14(24)20-16-11(8-10(3)29-16)17(25)26-5-2/h6-8H,4-5,9H2,1-3H3,(H,20,24). The summed E-state index contributed by atoms with van der Waals surface area (Å²) < 4.78 is 13.1. The lowest BCUT2D eigenvalue weighted by atomic mass is 10.3. The fourth-order valence-corrected chi connectivity index (χ4v) is 4.58. The van der Waals surface area contributed by atoms with E-state index in [1.165, 1.54) is 23.1 Å². The number of carbonyl (C=O) groups excluding carboxylic acids is 2. The first kappa shape index (κ1) is 21.6. The molecule has 29 heavy (non-hydrogen) atoms. The second-order valence-corrected chi connectivity index (χ2v) is 8.79. The summed E-state index contributed by atoms with van der Waals surface area (Å²) in [6.45, 7) is 6.48. The Morgan fingerprint density at radius 2 is 2.14 bits per heavy atom. The zero-order valence-corrected chi connectivity index (χ0v) is 19.2. The summed E-state index contributed by atoms with van der Waals surface area (Å²) in [5.74, 6) is 0.629. The van der Waals surface area contributed by atoms with E-state index in [4.69, 9.17) is 9.15 Å². The Morgan fingerprint density at radius 1 is 1.34 bits per heavy atom. The molecule has 3 aromatic heterocycles. The second-order valence-electron chi connectivity index (χ2n) is 5.81. The molecule has 1 N–H and O–H groups in total. The number of rotatable bonds is 8.